The molecule has 0 saturated heterocycles. The van der Waals surface area contributed by atoms with E-state index in [1.54, 1.807) is 36.7 Å². The van der Waals surface area contributed by atoms with Gasteiger partial charge in [-0.1, -0.05) is 18.2 Å². The van der Waals surface area contributed by atoms with Crippen LogP contribution in [-0.4, -0.2) is 63.1 Å². The van der Waals surface area contributed by atoms with E-state index in [9.17, 15) is 22.8 Å². The minimum absolute atomic E-state index is 0.0228. The quantitative estimate of drug-likeness (QED) is 0.430. The van der Waals surface area contributed by atoms with Gasteiger partial charge in [0.05, 0.1) is 17.1 Å². The SMILES string of the molecule is CNC(=O)c1cccc(-c2csc(NC(=O)CNC(=O)c3cccc(S(=O)(=O)N(C)C)c3)n2)c1. The molecular formula is C22H23N5O5S2. The molecule has 0 aliphatic rings. The minimum atomic E-state index is -3.69. The molecule has 0 saturated carbocycles. The predicted octanol–water partition coefficient (Wildman–Crippen LogP) is 1.79. The molecule has 34 heavy (non-hydrogen) atoms. The van der Waals surface area contributed by atoms with E-state index in [0.717, 1.165) is 9.87 Å². The highest BCUT2D eigenvalue weighted by molar-refractivity contribution is 7.89. The van der Waals surface area contributed by atoms with E-state index in [-0.39, 0.29) is 22.9 Å². The number of anilines is 1. The van der Waals surface area contributed by atoms with Gasteiger partial charge in [-0.25, -0.2) is 17.7 Å². The molecule has 0 fully saturated rings. The molecule has 3 rings (SSSR count). The highest BCUT2D eigenvalue weighted by atomic mass is 32.2. The van der Waals surface area contributed by atoms with Crippen molar-refractivity contribution in [2.24, 2.45) is 0 Å². The average molecular weight is 502 g/mol. The lowest BCUT2D eigenvalue weighted by molar-refractivity contribution is -0.115. The first-order valence-electron chi connectivity index (χ1n) is 10.0. The molecule has 12 heteroatoms. The second kappa shape index (κ2) is 10.5. The van der Waals surface area contributed by atoms with Gasteiger partial charge in [0.15, 0.2) is 5.13 Å². The van der Waals surface area contributed by atoms with Crippen LogP contribution < -0.4 is 16.0 Å². The Hall–Kier alpha value is -3.61. The molecule has 1 aromatic heterocycles. The highest BCUT2D eigenvalue weighted by Gasteiger charge is 2.19. The maximum Gasteiger partial charge on any atom is 0.251 e. The molecule has 3 aromatic rings. The van der Waals surface area contributed by atoms with Gasteiger partial charge in [-0.2, -0.15) is 0 Å². The third-order valence-corrected chi connectivity index (χ3v) is 7.25. The Morgan fingerprint density at radius 1 is 1.00 bits per heavy atom. The first-order valence-corrected chi connectivity index (χ1v) is 12.3. The fourth-order valence-electron chi connectivity index (χ4n) is 2.86. The third kappa shape index (κ3) is 5.84. The van der Waals surface area contributed by atoms with Gasteiger partial charge in [0.1, 0.15) is 0 Å². The second-order valence-corrected chi connectivity index (χ2v) is 10.3. The standard InChI is InChI=1S/C22H23N5O5S2/c1-23-20(29)15-7-4-6-14(10-15)18-13-33-22(25-18)26-19(28)12-24-21(30)16-8-5-9-17(11-16)34(31,32)27(2)3/h4-11,13H,12H2,1-3H3,(H,23,29)(H,24,30)(H,25,26,28). The third-order valence-electron chi connectivity index (χ3n) is 4.68. The number of carbonyl (C=O) groups is 3. The van der Waals surface area contributed by atoms with Crippen LogP contribution in [0.15, 0.2) is 58.8 Å². The van der Waals surface area contributed by atoms with Crippen molar-refractivity contribution in [3.63, 3.8) is 0 Å². The Bertz CT molecular complexity index is 1330. The molecule has 10 nitrogen and oxygen atoms in total. The summed E-state index contributed by atoms with van der Waals surface area (Å²) in [7, 11) is 0.654. The Morgan fingerprint density at radius 2 is 1.68 bits per heavy atom. The highest BCUT2D eigenvalue weighted by Crippen LogP contribution is 2.25. The lowest BCUT2D eigenvalue weighted by atomic mass is 10.1. The zero-order valence-electron chi connectivity index (χ0n) is 18.7. The van der Waals surface area contributed by atoms with E-state index in [1.165, 1.54) is 49.7 Å². The maximum atomic E-state index is 12.4. The second-order valence-electron chi connectivity index (χ2n) is 7.24. The number of nitrogens with one attached hydrogen (secondary N) is 3. The van der Waals surface area contributed by atoms with Crippen LogP contribution in [0.4, 0.5) is 5.13 Å². The van der Waals surface area contributed by atoms with Crippen molar-refractivity contribution in [1.82, 2.24) is 19.9 Å². The Labute approximate surface area is 201 Å². The van der Waals surface area contributed by atoms with Crippen LogP contribution in [0, 0.1) is 0 Å². The van der Waals surface area contributed by atoms with Crippen LogP contribution >= 0.6 is 11.3 Å². The van der Waals surface area contributed by atoms with Crippen molar-refractivity contribution < 1.29 is 22.8 Å². The summed E-state index contributed by atoms with van der Waals surface area (Å²) in [6.07, 6.45) is 0. The van der Waals surface area contributed by atoms with E-state index in [4.69, 9.17) is 0 Å². The van der Waals surface area contributed by atoms with E-state index in [0.29, 0.717) is 16.4 Å². The molecule has 2 aromatic carbocycles. The summed E-state index contributed by atoms with van der Waals surface area (Å²) in [5.74, 6) is -1.30. The zero-order chi connectivity index (χ0) is 24.9. The van der Waals surface area contributed by atoms with Crippen LogP contribution in [0.1, 0.15) is 20.7 Å². The number of carbonyl (C=O) groups excluding carboxylic acids is 3. The van der Waals surface area contributed by atoms with E-state index in [2.05, 4.69) is 20.9 Å². The molecule has 0 aliphatic heterocycles. The average Bonchev–Trinajstić information content (AvgIpc) is 3.30. The summed E-state index contributed by atoms with van der Waals surface area (Å²) in [4.78, 5) is 40.8. The normalized spacial score (nSPS) is 11.2. The molecule has 178 valence electrons. The first kappa shape index (κ1) is 25.0. The number of rotatable bonds is 8. The summed E-state index contributed by atoms with van der Waals surface area (Å²) >= 11 is 1.20. The number of hydrogen-bond acceptors (Lipinski definition) is 7. The van der Waals surface area contributed by atoms with Gasteiger partial charge in [0, 0.05) is 43.2 Å². The number of nitrogens with zero attached hydrogens (tertiary/aromatic N) is 2. The Morgan fingerprint density at radius 3 is 2.35 bits per heavy atom. The number of aromatic nitrogens is 1. The number of thiazole rings is 1. The summed E-state index contributed by atoms with van der Waals surface area (Å²) in [6.45, 7) is -0.329. The summed E-state index contributed by atoms with van der Waals surface area (Å²) in [6, 6.07) is 12.5. The van der Waals surface area contributed by atoms with Crippen LogP contribution in [-0.2, 0) is 14.8 Å². The summed E-state index contributed by atoms with van der Waals surface area (Å²) < 4.78 is 25.6. The fraction of sp³-hybridized carbons (Fsp3) is 0.182. The summed E-state index contributed by atoms with van der Waals surface area (Å²) in [5.41, 5.74) is 1.92. The number of sulfonamides is 1. The first-order chi connectivity index (χ1) is 16.1. The number of amides is 3. The number of hydrogen-bond donors (Lipinski definition) is 3. The van der Waals surface area contributed by atoms with Crippen molar-refractivity contribution in [2.45, 2.75) is 4.90 Å². The van der Waals surface area contributed by atoms with Gasteiger partial charge in [0.25, 0.3) is 11.8 Å². The Kier molecular flexibility index (Phi) is 7.76. The molecule has 3 amide bonds. The lowest BCUT2D eigenvalue weighted by Gasteiger charge is -2.12. The largest absolute Gasteiger partial charge is 0.355 e. The van der Waals surface area contributed by atoms with Crippen LogP contribution in [0.2, 0.25) is 0 Å². The van der Waals surface area contributed by atoms with Gasteiger partial charge >= 0.3 is 0 Å². The monoisotopic (exact) mass is 501 g/mol. The van der Waals surface area contributed by atoms with Crippen molar-refractivity contribution in [3.05, 3.63) is 65.0 Å². The van der Waals surface area contributed by atoms with Crippen molar-refractivity contribution in [1.29, 1.82) is 0 Å². The molecule has 0 bridgehead atoms. The maximum absolute atomic E-state index is 12.4. The Balaban J connectivity index is 1.61. The van der Waals surface area contributed by atoms with E-state index >= 15 is 0 Å². The van der Waals surface area contributed by atoms with Crippen LogP contribution in [0.3, 0.4) is 0 Å². The van der Waals surface area contributed by atoms with Gasteiger partial charge < -0.3 is 16.0 Å². The predicted molar refractivity (Wildman–Crippen MR) is 129 cm³/mol. The molecule has 0 spiro atoms. The minimum Gasteiger partial charge on any atom is -0.355 e. The van der Waals surface area contributed by atoms with Crippen molar-refractivity contribution in [3.8, 4) is 11.3 Å². The molecule has 0 aliphatic carbocycles. The number of benzene rings is 2. The topological polar surface area (TPSA) is 138 Å². The zero-order valence-corrected chi connectivity index (χ0v) is 20.3. The molecule has 0 unspecified atom stereocenters. The van der Waals surface area contributed by atoms with Gasteiger partial charge in [0.2, 0.25) is 15.9 Å². The van der Waals surface area contributed by atoms with E-state index < -0.39 is 21.8 Å². The fourth-order valence-corrected chi connectivity index (χ4v) is 4.55. The molecular weight excluding hydrogens is 478 g/mol. The van der Waals surface area contributed by atoms with Gasteiger partial charge in [-0.15, -0.1) is 11.3 Å². The van der Waals surface area contributed by atoms with Crippen LogP contribution in [0.25, 0.3) is 11.3 Å². The molecule has 3 N–H and O–H groups in total. The van der Waals surface area contributed by atoms with Crippen LogP contribution in [0.5, 0.6) is 0 Å². The lowest BCUT2D eigenvalue weighted by Crippen LogP contribution is -2.33. The van der Waals surface area contributed by atoms with Crippen molar-refractivity contribution in [2.75, 3.05) is 33.0 Å². The van der Waals surface area contributed by atoms with Gasteiger partial charge in [-0.05, 0) is 30.3 Å². The smallest absolute Gasteiger partial charge is 0.251 e. The molecule has 0 radical (unpaired) electrons. The molecule has 1 heterocycles. The van der Waals surface area contributed by atoms with Gasteiger partial charge in [-0.3, -0.25) is 14.4 Å². The van der Waals surface area contributed by atoms with Crippen molar-refractivity contribution >= 4 is 44.2 Å². The molecule has 0 atom stereocenters. The summed E-state index contributed by atoms with van der Waals surface area (Å²) in [5, 5.41) is 9.71. The van der Waals surface area contributed by atoms with E-state index in [1.807, 2.05) is 0 Å².